The highest BCUT2D eigenvalue weighted by Crippen LogP contribution is 2.44. The Labute approximate surface area is 262 Å². The maximum Gasteiger partial charge on any atom is 0.145 e. The molecule has 0 amide bonds. The van der Waals surface area contributed by atoms with E-state index >= 15 is 0 Å². The normalized spacial score (nSPS) is 12.6. The molecule has 212 valence electrons. The highest BCUT2D eigenvalue weighted by Gasteiger charge is 2.19. The van der Waals surface area contributed by atoms with Gasteiger partial charge in [0.15, 0.2) is 0 Å². The third-order valence-electron chi connectivity index (χ3n) is 9.25. The summed E-state index contributed by atoms with van der Waals surface area (Å²) in [4.78, 5) is 5.05. The van der Waals surface area contributed by atoms with E-state index in [1.807, 2.05) is 6.07 Å². The lowest BCUT2D eigenvalue weighted by atomic mass is 9.84. The van der Waals surface area contributed by atoms with Gasteiger partial charge < -0.3 is 0 Å². The first-order valence-electron chi connectivity index (χ1n) is 15.7. The molecule has 0 atom stereocenters. The molecule has 0 unspecified atom stereocenters. The van der Waals surface area contributed by atoms with Crippen molar-refractivity contribution >= 4 is 38.7 Å². The molecule has 1 heterocycles. The van der Waals surface area contributed by atoms with E-state index in [9.17, 15) is 0 Å². The second-order valence-electron chi connectivity index (χ2n) is 11.9. The fourth-order valence-corrected chi connectivity index (χ4v) is 7.19. The zero-order valence-corrected chi connectivity index (χ0v) is 24.8. The molecule has 45 heavy (non-hydrogen) atoms. The largest absolute Gasteiger partial charge is 0.292 e. The molecule has 1 aliphatic rings. The van der Waals surface area contributed by atoms with E-state index in [0.29, 0.717) is 0 Å². The van der Waals surface area contributed by atoms with Crippen LogP contribution in [0, 0.1) is 0 Å². The summed E-state index contributed by atoms with van der Waals surface area (Å²) >= 11 is 0. The maximum atomic E-state index is 5.05. The van der Waals surface area contributed by atoms with E-state index in [-0.39, 0.29) is 0 Å². The van der Waals surface area contributed by atoms with Gasteiger partial charge in [-0.3, -0.25) is 4.57 Å². The van der Waals surface area contributed by atoms with Crippen molar-refractivity contribution in [3.05, 3.63) is 163 Å². The molecule has 2 nitrogen and oxygen atoms in total. The molecule has 0 radical (unpaired) electrons. The van der Waals surface area contributed by atoms with Crippen LogP contribution in [-0.2, 0) is 6.42 Å². The topological polar surface area (TPSA) is 17.8 Å². The van der Waals surface area contributed by atoms with Crippen LogP contribution >= 0.6 is 0 Å². The molecule has 9 rings (SSSR count). The van der Waals surface area contributed by atoms with Gasteiger partial charge in [-0.2, -0.15) is 0 Å². The predicted octanol–water partition coefficient (Wildman–Crippen LogP) is 11.3. The first kappa shape index (κ1) is 25.7. The van der Waals surface area contributed by atoms with Crippen LogP contribution in [0.3, 0.4) is 0 Å². The standard InChI is InChI=1S/C43H30N2/c1-2-13-31(14-3-1)43-44-39-20-10-11-21-40(39)45(43)34-26-24-30(25-27-34)41-35-16-6-8-18-37(35)42(38-19-9-7-17-36(38)41)33-23-22-29-12-4-5-15-32(29)28-33/h1-4,6-14,16-28H,5,15H2. The minimum absolute atomic E-state index is 0.949. The molecule has 0 bridgehead atoms. The van der Waals surface area contributed by atoms with Gasteiger partial charge in [-0.25, -0.2) is 4.98 Å². The monoisotopic (exact) mass is 574 g/mol. The van der Waals surface area contributed by atoms with E-state index in [1.165, 1.54) is 54.9 Å². The average Bonchev–Trinajstić information content (AvgIpc) is 3.51. The zero-order valence-electron chi connectivity index (χ0n) is 24.8. The summed E-state index contributed by atoms with van der Waals surface area (Å²) < 4.78 is 2.28. The molecule has 2 heteroatoms. The van der Waals surface area contributed by atoms with Gasteiger partial charge in [0, 0.05) is 11.3 Å². The van der Waals surface area contributed by atoms with Crippen molar-refractivity contribution in [1.29, 1.82) is 0 Å². The van der Waals surface area contributed by atoms with Gasteiger partial charge in [0.25, 0.3) is 0 Å². The smallest absolute Gasteiger partial charge is 0.145 e. The fraction of sp³-hybridized carbons (Fsp3) is 0.0465. The van der Waals surface area contributed by atoms with Crippen LogP contribution in [0.1, 0.15) is 17.5 Å². The van der Waals surface area contributed by atoms with Crippen molar-refractivity contribution in [1.82, 2.24) is 9.55 Å². The van der Waals surface area contributed by atoms with Crippen LogP contribution in [0.25, 0.3) is 78.0 Å². The molecule has 7 aromatic carbocycles. The van der Waals surface area contributed by atoms with E-state index in [4.69, 9.17) is 4.98 Å². The quantitative estimate of drug-likeness (QED) is 0.191. The Bertz CT molecular complexity index is 2350. The second kappa shape index (κ2) is 10.5. The summed E-state index contributed by atoms with van der Waals surface area (Å²) in [6, 6.07) is 52.7. The predicted molar refractivity (Wildman–Crippen MR) is 190 cm³/mol. The Morgan fingerprint density at radius 1 is 0.511 bits per heavy atom. The summed E-state index contributed by atoms with van der Waals surface area (Å²) in [5.41, 5.74) is 12.2. The number of nitrogens with zero attached hydrogens (tertiary/aromatic N) is 2. The van der Waals surface area contributed by atoms with Gasteiger partial charge in [0.2, 0.25) is 0 Å². The van der Waals surface area contributed by atoms with Gasteiger partial charge in [0.1, 0.15) is 5.82 Å². The molecule has 0 saturated carbocycles. The average molecular weight is 575 g/mol. The third-order valence-corrected chi connectivity index (χ3v) is 9.25. The lowest BCUT2D eigenvalue weighted by Gasteiger charge is -2.19. The van der Waals surface area contributed by atoms with Crippen LogP contribution in [0.4, 0.5) is 0 Å². The number of aromatic nitrogens is 2. The number of para-hydroxylation sites is 2. The van der Waals surface area contributed by atoms with Crippen LogP contribution in [0.2, 0.25) is 0 Å². The Kier molecular flexibility index (Phi) is 5.99. The van der Waals surface area contributed by atoms with Crippen molar-refractivity contribution in [2.75, 3.05) is 0 Å². The van der Waals surface area contributed by atoms with Gasteiger partial charge in [-0.1, -0.05) is 133 Å². The van der Waals surface area contributed by atoms with E-state index < -0.39 is 0 Å². The lowest BCUT2D eigenvalue weighted by Crippen LogP contribution is -1.98. The highest BCUT2D eigenvalue weighted by atomic mass is 15.1. The van der Waals surface area contributed by atoms with E-state index in [2.05, 4.69) is 156 Å². The summed E-state index contributed by atoms with van der Waals surface area (Å²) in [6.45, 7) is 0. The molecule has 1 aliphatic carbocycles. The zero-order chi connectivity index (χ0) is 29.7. The Balaban J connectivity index is 1.24. The molecule has 0 aliphatic heterocycles. The van der Waals surface area contributed by atoms with E-state index in [0.717, 1.165) is 41.0 Å². The number of benzene rings is 7. The second-order valence-corrected chi connectivity index (χ2v) is 11.9. The Hall–Kier alpha value is -5.73. The lowest BCUT2D eigenvalue weighted by molar-refractivity contribution is 0.986. The number of hydrogen-bond acceptors (Lipinski definition) is 1. The molecular weight excluding hydrogens is 544 g/mol. The number of imidazole rings is 1. The Morgan fingerprint density at radius 3 is 1.82 bits per heavy atom. The Morgan fingerprint density at radius 2 is 1.11 bits per heavy atom. The third kappa shape index (κ3) is 4.22. The maximum absolute atomic E-state index is 5.05. The van der Waals surface area contributed by atoms with Gasteiger partial charge >= 0.3 is 0 Å². The van der Waals surface area contributed by atoms with Crippen molar-refractivity contribution in [2.45, 2.75) is 12.8 Å². The molecule has 8 aromatic rings. The van der Waals surface area contributed by atoms with E-state index in [1.54, 1.807) is 0 Å². The molecule has 0 N–H and O–H groups in total. The molecule has 0 saturated heterocycles. The number of fused-ring (bicyclic) bond motifs is 4. The first-order valence-corrected chi connectivity index (χ1v) is 15.7. The van der Waals surface area contributed by atoms with Crippen molar-refractivity contribution < 1.29 is 0 Å². The fourth-order valence-electron chi connectivity index (χ4n) is 7.19. The summed E-state index contributed by atoms with van der Waals surface area (Å²) in [6.07, 6.45) is 6.75. The summed E-state index contributed by atoms with van der Waals surface area (Å²) in [5.74, 6) is 0.949. The summed E-state index contributed by atoms with van der Waals surface area (Å²) in [7, 11) is 0. The number of allylic oxidation sites excluding steroid dienone is 1. The van der Waals surface area contributed by atoms with Crippen molar-refractivity contribution in [2.24, 2.45) is 0 Å². The van der Waals surface area contributed by atoms with Crippen molar-refractivity contribution in [3.63, 3.8) is 0 Å². The molecular formula is C43H30N2. The number of aryl methyl sites for hydroxylation is 1. The minimum atomic E-state index is 0.949. The molecule has 0 fully saturated rings. The van der Waals surface area contributed by atoms with Crippen LogP contribution in [-0.4, -0.2) is 9.55 Å². The van der Waals surface area contributed by atoms with Crippen LogP contribution < -0.4 is 0 Å². The minimum Gasteiger partial charge on any atom is -0.292 e. The van der Waals surface area contributed by atoms with Crippen LogP contribution in [0.15, 0.2) is 152 Å². The van der Waals surface area contributed by atoms with Gasteiger partial charge in [0.05, 0.1) is 11.0 Å². The number of hydrogen-bond donors (Lipinski definition) is 0. The number of rotatable bonds is 4. The van der Waals surface area contributed by atoms with Gasteiger partial charge in [-0.15, -0.1) is 0 Å². The van der Waals surface area contributed by atoms with Gasteiger partial charge in [-0.05, 0) is 92.0 Å². The summed E-state index contributed by atoms with van der Waals surface area (Å²) in [5, 5.41) is 5.12. The SMILES string of the molecule is C1=Cc2ccc(-c3c4ccccc4c(-c4ccc(-n5c(-c6ccccc6)nc6ccccc65)cc4)c4ccccc34)cc2CC1. The van der Waals surface area contributed by atoms with Crippen LogP contribution in [0.5, 0.6) is 0 Å². The first-order chi connectivity index (χ1) is 22.3. The van der Waals surface area contributed by atoms with Crippen molar-refractivity contribution in [3.8, 4) is 39.3 Å². The molecule has 0 spiro atoms. The highest BCUT2D eigenvalue weighted by molar-refractivity contribution is 6.21. The molecule has 1 aromatic heterocycles.